The van der Waals surface area contributed by atoms with Crippen molar-refractivity contribution in [3.05, 3.63) is 40.6 Å². The number of hydrogen-bond donors (Lipinski definition) is 1. The number of amides is 1. The van der Waals surface area contributed by atoms with Gasteiger partial charge < -0.3 is 9.26 Å². The van der Waals surface area contributed by atoms with Crippen LogP contribution in [0, 0.1) is 19.8 Å². The van der Waals surface area contributed by atoms with Gasteiger partial charge in [-0.05, 0) is 56.2 Å². The van der Waals surface area contributed by atoms with Crippen LogP contribution in [0.3, 0.4) is 0 Å². The lowest BCUT2D eigenvalue weighted by Gasteiger charge is -2.16. The van der Waals surface area contributed by atoms with Gasteiger partial charge in [-0.1, -0.05) is 24.2 Å². The van der Waals surface area contributed by atoms with Crippen LogP contribution in [0.15, 0.2) is 22.7 Å². The maximum Gasteiger partial charge on any atom is 0.264 e. The smallest absolute Gasteiger partial charge is 0.264 e. The summed E-state index contributed by atoms with van der Waals surface area (Å²) in [7, 11) is 0. The third-order valence-corrected chi connectivity index (χ3v) is 4.46. The summed E-state index contributed by atoms with van der Waals surface area (Å²) in [5, 5.41) is 6.84. The van der Waals surface area contributed by atoms with Crippen LogP contribution < -0.4 is 10.1 Å². The second-order valence-electron chi connectivity index (χ2n) is 6.32. The molecule has 1 aliphatic carbocycles. The molecule has 0 radical (unpaired) electrons. The van der Waals surface area contributed by atoms with Crippen molar-refractivity contribution in [1.82, 2.24) is 5.16 Å². The highest BCUT2D eigenvalue weighted by molar-refractivity contribution is 5.91. The van der Waals surface area contributed by atoms with E-state index >= 15 is 0 Å². The Morgan fingerprint density at radius 3 is 3.09 bits per heavy atom. The van der Waals surface area contributed by atoms with E-state index in [2.05, 4.69) is 17.4 Å². The Labute approximate surface area is 136 Å². The SMILES string of the molecule is Cc1cccc(OCC(=O)Nc2onc3c2CC(C)CC3)c1C. The molecule has 1 unspecified atom stereocenters. The van der Waals surface area contributed by atoms with E-state index in [1.807, 2.05) is 32.0 Å². The van der Waals surface area contributed by atoms with Crippen LogP contribution in [0.2, 0.25) is 0 Å². The number of hydrogen-bond acceptors (Lipinski definition) is 4. The third kappa shape index (κ3) is 3.38. The number of benzene rings is 1. The lowest BCUT2D eigenvalue weighted by atomic mass is 9.89. The molecule has 0 bridgehead atoms. The molecule has 0 spiro atoms. The van der Waals surface area contributed by atoms with Crippen LogP contribution >= 0.6 is 0 Å². The van der Waals surface area contributed by atoms with Gasteiger partial charge in [-0.15, -0.1) is 0 Å². The first-order valence-corrected chi connectivity index (χ1v) is 8.01. The van der Waals surface area contributed by atoms with Gasteiger partial charge in [-0.3, -0.25) is 10.1 Å². The molecule has 5 nitrogen and oxygen atoms in total. The lowest BCUT2D eigenvalue weighted by Crippen LogP contribution is -2.21. The van der Waals surface area contributed by atoms with Crippen molar-refractivity contribution in [2.45, 2.75) is 40.0 Å². The predicted octanol–water partition coefficient (Wildman–Crippen LogP) is 3.43. The average molecular weight is 314 g/mol. The maximum atomic E-state index is 12.1. The molecule has 1 aliphatic rings. The molecule has 0 aliphatic heterocycles. The van der Waals surface area contributed by atoms with Crippen molar-refractivity contribution in [3.8, 4) is 5.75 Å². The molecule has 1 N–H and O–H groups in total. The number of carbonyl (C=O) groups is 1. The summed E-state index contributed by atoms with van der Waals surface area (Å²) in [5.41, 5.74) is 4.19. The number of carbonyl (C=O) groups excluding carboxylic acids is 1. The summed E-state index contributed by atoms with van der Waals surface area (Å²) in [6.45, 7) is 6.15. The number of ether oxygens (including phenoxy) is 1. The number of rotatable bonds is 4. The minimum Gasteiger partial charge on any atom is -0.483 e. The van der Waals surface area contributed by atoms with E-state index < -0.39 is 0 Å². The minimum atomic E-state index is -0.233. The van der Waals surface area contributed by atoms with E-state index in [0.29, 0.717) is 11.8 Å². The second-order valence-corrected chi connectivity index (χ2v) is 6.32. The van der Waals surface area contributed by atoms with Gasteiger partial charge in [-0.2, -0.15) is 0 Å². The average Bonchev–Trinajstić information content (AvgIpc) is 2.91. The molecule has 5 heteroatoms. The van der Waals surface area contributed by atoms with E-state index in [1.54, 1.807) is 0 Å². The first-order chi connectivity index (χ1) is 11.0. The predicted molar refractivity (Wildman–Crippen MR) is 87.7 cm³/mol. The van der Waals surface area contributed by atoms with Crippen LogP contribution in [0.1, 0.15) is 35.7 Å². The van der Waals surface area contributed by atoms with Gasteiger partial charge in [0, 0.05) is 5.56 Å². The Morgan fingerprint density at radius 2 is 2.26 bits per heavy atom. The first kappa shape index (κ1) is 15.6. The molecule has 1 atom stereocenters. The molecule has 2 aromatic rings. The normalized spacial score (nSPS) is 16.7. The molecule has 1 aromatic carbocycles. The third-order valence-electron chi connectivity index (χ3n) is 4.46. The Morgan fingerprint density at radius 1 is 1.43 bits per heavy atom. The second kappa shape index (κ2) is 6.44. The van der Waals surface area contributed by atoms with Gasteiger partial charge in [0.1, 0.15) is 5.75 Å². The minimum absolute atomic E-state index is 0.0463. The van der Waals surface area contributed by atoms with Gasteiger partial charge in [0.25, 0.3) is 5.91 Å². The van der Waals surface area contributed by atoms with Crippen molar-refractivity contribution in [2.75, 3.05) is 11.9 Å². The zero-order chi connectivity index (χ0) is 16.4. The Hall–Kier alpha value is -2.30. The summed E-state index contributed by atoms with van der Waals surface area (Å²) < 4.78 is 10.9. The maximum absolute atomic E-state index is 12.1. The van der Waals surface area contributed by atoms with Crippen LogP contribution in [0.25, 0.3) is 0 Å². The van der Waals surface area contributed by atoms with Crippen LogP contribution in [-0.2, 0) is 17.6 Å². The quantitative estimate of drug-likeness (QED) is 0.939. The van der Waals surface area contributed by atoms with Crippen LogP contribution in [0.4, 0.5) is 5.88 Å². The summed E-state index contributed by atoms with van der Waals surface area (Å²) >= 11 is 0. The van der Waals surface area contributed by atoms with Gasteiger partial charge in [0.05, 0.1) is 5.69 Å². The summed E-state index contributed by atoms with van der Waals surface area (Å²) in [6, 6.07) is 5.81. The molecule has 0 saturated heterocycles. The molecule has 122 valence electrons. The molecular weight excluding hydrogens is 292 g/mol. The molecular formula is C18H22N2O3. The first-order valence-electron chi connectivity index (χ1n) is 8.01. The van der Waals surface area contributed by atoms with Gasteiger partial charge in [-0.25, -0.2) is 0 Å². The molecule has 1 heterocycles. The monoisotopic (exact) mass is 314 g/mol. The number of aromatic nitrogens is 1. The molecule has 1 aromatic heterocycles. The van der Waals surface area contributed by atoms with Crippen molar-refractivity contribution in [3.63, 3.8) is 0 Å². The fourth-order valence-electron chi connectivity index (χ4n) is 2.87. The Bertz CT molecular complexity index is 721. The number of aryl methyl sites for hydroxylation is 2. The van der Waals surface area contributed by atoms with Crippen molar-refractivity contribution >= 4 is 11.8 Å². The molecule has 23 heavy (non-hydrogen) atoms. The highest BCUT2D eigenvalue weighted by atomic mass is 16.5. The van der Waals surface area contributed by atoms with Crippen molar-refractivity contribution < 1.29 is 14.1 Å². The highest BCUT2D eigenvalue weighted by Crippen LogP contribution is 2.30. The molecule has 0 saturated carbocycles. The standard InChI is InChI=1S/C18H22N2O3/c1-11-7-8-15-14(9-11)18(23-20-15)19-17(21)10-22-16-6-4-5-12(2)13(16)3/h4-6,11H,7-10H2,1-3H3,(H,19,21). The number of fused-ring (bicyclic) bond motifs is 1. The number of nitrogens with one attached hydrogen (secondary N) is 1. The number of nitrogens with zero attached hydrogens (tertiary/aromatic N) is 1. The molecule has 3 rings (SSSR count). The topological polar surface area (TPSA) is 64.4 Å². The highest BCUT2D eigenvalue weighted by Gasteiger charge is 2.24. The van der Waals surface area contributed by atoms with Gasteiger partial charge in [0.15, 0.2) is 6.61 Å². The van der Waals surface area contributed by atoms with Crippen LogP contribution in [-0.4, -0.2) is 17.7 Å². The van der Waals surface area contributed by atoms with Gasteiger partial charge in [0.2, 0.25) is 5.88 Å². The lowest BCUT2D eigenvalue weighted by molar-refractivity contribution is -0.118. The summed E-state index contributed by atoms with van der Waals surface area (Å²) in [5.74, 6) is 1.56. The fourth-order valence-corrected chi connectivity index (χ4v) is 2.87. The van der Waals surface area contributed by atoms with E-state index in [4.69, 9.17) is 9.26 Å². The summed E-state index contributed by atoms with van der Waals surface area (Å²) in [6.07, 6.45) is 2.92. The van der Waals surface area contributed by atoms with E-state index in [1.165, 1.54) is 0 Å². The summed E-state index contributed by atoms with van der Waals surface area (Å²) in [4.78, 5) is 12.1. The zero-order valence-electron chi connectivity index (χ0n) is 13.8. The van der Waals surface area contributed by atoms with E-state index in [-0.39, 0.29) is 12.5 Å². The van der Waals surface area contributed by atoms with Crippen molar-refractivity contribution in [2.24, 2.45) is 5.92 Å². The Kier molecular flexibility index (Phi) is 4.37. The Balaban J connectivity index is 1.62. The van der Waals surface area contributed by atoms with Crippen LogP contribution in [0.5, 0.6) is 5.75 Å². The van der Waals surface area contributed by atoms with E-state index in [9.17, 15) is 4.79 Å². The zero-order valence-corrected chi connectivity index (χ0v) is 13.8. The van der Waals surface area contributed by atoms with E-state index in [0.717, 1.165) is 47.4 Å². The largest absolute Gasteiger partial charge is 0.483 e. The van der Waals surface area contributed by atoms with Gasteiger partial charge >= 0.3 is 0 Å². The molecule has 1 amide bonds. The molecule has 0 fully saturated rings. The van der Waals surface area contributed by atoms with Crippen molar-refractivity contribution in [1.29, 1.82) is 0 Å². The number of anilines is 1. The fraction of sp³-hybridized carbons (Fsp3) is 0.444.